The van der Waals surface area contributed by atoms with Gasteiger partial charge < -0.3 is 4.74 Å². The van der Waals surface area contributed by atoms with Crippen molar-refractivity contribution in [3.8, 4) is 0 Å². The minimum Gasteiger partial charge on any atom is -0.469 e. The van der Waals surface area contributed by atoms with Crippen molar-refractivity contribution in [3.05, 3.63) is 25.3 Å². The van der Waals surface area contributed by atoms with Gasteiger partial charge in [-0.15, -0.1) is 13.2 Å². The van der Waals surface area contributed by atoms with E-state index in [0.29, 0.717) is 19.3 Å². The van der Waals surface area contributed by atoms with E-state index < -0.39 is 5.41 Å². The van der Waals surface area contributed by atoms with E-state index in [1.54, 1.807) is 12.2 Å². The Morgan fingerprint density at radius 2 is 2.28 bits per heavy atom. The summed E-state index contributed by atoms with van der Waals surface area (Å²) in [6.45, 7) is 9.50. The molecular formula is C15H22O3. The first-order valence-corrected chi connectivity index (χ1v) is 6.33. The molecule has 0 aromatic carbocycles. The highest BCUT2D eigenvalue weighted by molar-refractivity contribution is 5.87. The summed E-state index contributed by atoms with van der Waals surface area (Å²) in [6, 6.07) is 0. The number of hydrogen-bond donors (Lipinski definition) is 0. The number of esters is 1. The van der Waals surface area contributed by atoms with Gasteiger partial charge in [-0.25, -0.2) is 0 Å². The van der Waals surface area contributed by atoms with Crippen molar-refractivity contribution in [3.63, 3.8) is 0 Å². The molecule has 0 bridgehead atoms. The first-order chi connectivity index (χ1) is 8.49. The molecule has 1 fully saturated rings. The van der Waals surface area contributed by atoms with Gasteiger partial charge in [-0.2, -0.15) is 0 Å². The van der Waals surface area contributed by atoms with Crippen molar-refractivity contribution in [1.29, 1.82) is 0 Å². The van der Waals surface area contributed by atoms with Crippen molar-refractivity contribution >= 4 is 11.8 Å². The maximum absolute atomic E-state index is 12.1. The van der Waals surface area contributed by atoms with Crippen LogP contribution in [-0.2, 0) is 14.3 Å². The molecule has 0 spiro atoms. The molecule has 0 aromatic rings. The van der Waals surface area contributed by atoms with E-state index in [2.05, 4.69) is 13.2 Å². The van der Waals surface area contributed by atoms with Gasteiger partial charge in [-0.3, -0.25) is 9.59 Å². The van der Waals surface area contributed by atoms with E-state index in [9.17, 15) is 9.59 Å². The molecule has 0 amide bonds. The smallest absolute Gasteiger partial charge is 0.306 e. The molecule has 1 saturated carbocycles. The molecule has 100 valence electrons. The molecule has 0 aromatic heterocycles. The minimum absolute atomic E-state index is 0.00569. The second-order valence-corrected chi connectivity index (χ2v) is 5.16. The Kier molecular flexibility index (Phi) is 4.88. The fourth-order valence-electron chi connectivity index (χ4n) is 3.01. The number of hydrogen-bond acceptors (Lipinski definition) is 3. The van der Waals surface area contributed by atoms with Gasteiger partial charge in [0.15, 0.2) is 0 Å². The van der Waals surface area contributed by atoms with Crippen molar-refractivity contribution in [2.45, 2.75) is 32.6 Å². The summed E-state index contributed by atoms with van der Waals surface area (Å²) in [4.78, 5) is 23.5. The van der Waals surface area contributed by atoms with Crippen LogP contribution in [-0.4, -0.2) is 18.9 Å². The zero-order chi connectivity index (χ0) is 13.8. The normalized spacial score (nSPS) is 28.8. The third-order valence-electron chi connectivity index (χ3n) is 4.16. The summed E-state index contributed by atoms with van der Waals surface area (Å²) in [5.41, 5.74) is -0.408. The van der Waals surface area contributed by atoms with Gasteiger partial charge in [-0.05, 0) is 24.7 Å². The second-order valence-electron chi connectivity index (χ2n) is 5.16. The lowest BCUT2D eigenvalue weighted by molar-refractivity contribution is -0.142. The van der Waals surface area contributed by atoms with E-state index in [0.717, 1.165) is 6.42 Å². The van der Waals surface area contributed by atoms with Gasteiger partial charge in [0, 0.05) is 11.8 Å². The Labute approximate surface area is 109 Å². The molecule has 0 saturated heterocycles. The van der Waals surface area contributed by atoms with Crippen LogP contribution in [0, 0.1) is 17.3 Å². The van der Waals surface area contributed by atoms with Crippen molar-refractivity contribution in [2.75, 3.05) is 7.11 Å². The SMILES string of the molecule is C=CC[C@]1(C)C(=O)CC[C@H]1[C@@H](C=C)CC(=O)OC. The highest BCUT2D eigenvalue weighted by Crippen LogP contribution is 2.48. The van der Waals surface area contributed by atoms with E-state index in [1.807, 2.05) is 6.92 Å². The first kappa shape index (κ1) is 14.7. The summed E-state index contributed by atoms with van der Waals surface area (Å²) in [6.07, 6.45) is 5.92. The van der Waals surface area contributed by atoms with Crippen LogP contribution < -0.4 is 0 Å². The Balaban J connectivity index is 2.90. The van der Waals surface area contributed by atoms with Crippen LogP contribution in [0.4, 0.5) is 0 Å². The summed E-state index contributed by atoms with van der Waals surface area (Å²) < 4.78 is 4.71. The quantitative estimate of drug-likeness (QED) is 0.537. The van der Waals surface area contributed by atoms with Gasteiger partial charge in [0.1, 0.15) is 5.78 Å². The fourth-order valence-corrected chi connectivity index (χ4v) is 3.01. The van der Waals surface area contributed by atoms with E-state index >= 15 is 0 Å². The lowest BCUT2D eigenvalue weighted by Crippen LogP contribution is -2.33. The topological polar surface area (TPSA) is 43.4 Å². The number of methoxy groups -OCH3 is 1. The third kappa shape index (κ3) is 2.71. The maximum Gasteiger partial charge on any atom is 0.306 e. The van der Waals surface area contributed by atoms with Gasteiger partial charge in [0.05, 0.1) is 13.5 Å². The van der Waals surface area contributed by atoms with Crippen molar-refractivity contribution in [1.82, 2.24) is 0 Å². The van der Waals surface area contributed by atoms with Crippen LogP contribution in [0.25, 0.3) is 0 Å². The van der Waals surface area contributed by atoms with Crippen molar-refractivity contribution < 1.29 is 14.3 Å². The maximum atomic E-state index is 12.1. The predicted octanol–water partition coefficient (Wildman–Crippen LogP) is 2.91. The highest BCUT2D eigenvalue weighted by atomic mass is 16.5. The molecule has 0 N–H and O–H groups in total. The lowest BCUT2D eigenvalue weighted by atomic mass is 9.69. The Hall–Kier alpha value is -1.38. The third-order valence-corrected chi connectivity index (χ3v) is 4.16. The number of ether oxygens (including phenoxy) is 1. The van der Waals surface area contributed by atoms with Crippen LogP contribution in [0.15, 0.2) is 25.3 Å². The standard InChI is InChI=1S/C15H22O3/c1-5-9-15(3)12(7-8-13(15)16)11(6-2)10-14(17)18-4/h5-6,11-12H,1-2,7-10H2,3-4H3/t11-,12-,15-/m0/s1. The van der Waals surface area contributed by atoms with E-state index in [1.165, 1.54) is 7.11 Å². The highest BCUT2D eigenvalue weighted by Gasteiger charge is 2.47. The number of ketones is 1. The van der Waals surface area contributed by atoms with Crippen LogP contribution >= 0.6 is 0 Å². The molecule has 0 heterocycles. The number of allylic oxidation sites excluding steroid dienone is 2. The predicted molar refractivity (Wildman–Crippen MR) is 71.0 cm³/mol. The molecule has 0 unspecified atom stereocenters. The van der Waals surface area contributed by atoms with Gasteiger partial charge in [0.2, 0.25) is 0 Å². The molecule has 18 heavy (non-hydrogen) atoms. The van der Waals surface area contributed by atoms with Crippen molar-refractivity contribution in [2.24, 2.45) is 17.3 Å². The molecule has 0 aliphatic heterocycles. The molecule has 1 rings (SSSR count). The molecule has 3 nitrogen and oxygen atoms in total. The summed E-state index contributed by atoms with van der Waals surface area (Å²) >= 11 is 0. The number of rotatable bonds is 6. The molecule has 3 heteroatoms. The van der Waals surface area contributed by atoms with Crippen LogP contribution in [0.5, 0.6) is 0 Å². The molecule has 1 aliphatic rings. The summed E-state index contributed by atoms with van der Waals surface area (Å²) in [5, 5.41) is 0. The largest absolute Gasteiger partial charge is 0.469 e. The first-order valence-electron chi connectivity index (χ1n) is 6.33. The summed E-state index contributed by atoms with van der Waals surface area (Å²) in [5.74, 6) is 0.165. The Bertz CT molecular complexity index is 359. The van der Waals surface area contributed by atoms with Crippen LogP contribution in [0.2, 0.25) is 0 Å². The van der Waals surface area contributed by atoms with Crippen LogP contribution in [0.3, 0.4) is 0 Å². The fraction of sp³-hybridized carbons (Fsp3) is 0.600. The second kappa shape index (κ2) is 5.98. The minimum atomic E-state index is -0.408. The molecule has 0 radical (unpaired) electrons. The Morgan fingerprint density at radius 1 is 1.61 bits per heavy atom. The zero-order valence-corrected chi connectivity index (χ0v) is 11.3. The zero-order valence-electron chi connectivity index (χ0n) is 11.3. The monoisotopic (exact) mass is 250 g/mol. The molecule has 3 atom stereocenters. The number of carbonyl (C=O) groups is 2. The number of carbonyl (C=O) groups excluding carboxylic acids is 2. The number of Topliss-reactive ketones (excluding diaryl/α,β-unsaturated/α-hetero) is 1. The van der Waals surface area contributed by atoms with E-state index in [-0.39, 0.29) is 23.6 Å². The van der Waals surface area contributed by atoms with Crippen LogP contribution in [0.1, 0.15) is 32.6 Å². The lowest BCUT2D eigenvalue weighted by Gasteiger charge is -2.33. The molecular weight excluding hydrogens is 228 g/mol. The average Bonchev–Trinajstić information content (AvgIpc) is 2.63. The van der Waals surface area contributed by atoms with Gasteiger partial charge in [-0.1, -0.05) is 19.1 Å². The van der Waals surface area contributed by atoms with Gasteiger partial charge in [0.25, 0.3) is 0 Å². The average molecular weight is 250 g/mol. The van der Waals surface area contributed by atoms with Gasteiger partial charge >= 0.3 is 5.97 Å². The molecule has 1 aliphatic carbocycles. The Morgan fingerprint density at radius 3 is 2.78 bits per heavy atom. The van der Waals surface area contributed by atoms with E-state index in [4.69, 9.17) is 4.74 Å². The summed E-state index contributed by atoms with van der Waals surface area (Å²) in [7, 11) is 1.38.